The normalized spacial score (nSPS) is 19.4. The molecule has 1 aliphatic carbocycles. The quantitative estimate of drug-likeness (QED) is 0.116. The van der Waals surface area contributed by atoms with Crippen LogP contribution in [0.25, 0.3) is 0 Å². The van der Waals surface area contributed by atoms with E-state index in [9.17, 15) is 55.6 Å². The lowest BCUT2D eigenvalue weighted by Crippen LogP contribution is -2.45. The zero-order valence-corrected chi connectivity index (χ0v) is 26.1. The van der Waals surface area contributed by atoms with Crippen molar-refractivity contribution in [2.24, 2.45) is 11.8 Å². The van der Waals surface area contributed by atoms with Crippen molar-refractivity contribution in [3.63, 3.8) is 0 Å². The van der Waals surface area contributed by atoms with E-state index < -0.39 is 123 Å². The zero-order valence-electron chi connectivity index (χ0n) is 26.1. The standard InChI is InChI=1S/C29H33B2F6N3O9/c1-15(27(44)45)4-2-3-5-38-24(41)12-40(26(43)17-9-21(29(35,36)37)19-14-49-31(47)23(19)11-17)7-6-39-25(42)16-8-20(28(32,33)34)18-13-48-30(46)22(18)10-16/h8-11,15,19,23,46-47H,2-7,12-14H2,1H3,(H,38,41)(H,39,42)(H,44,45)/t15-,19?,23?/m0/s1. The van der Waals surface area contributed by atoms with E-state index in [1.165, 1.54) is 6.92 Å². The average Bonchev–Trinajstić information content (AvgIpc) is 3.59. The van der Waals surface area contributed by atoms with Crippen LogP contribution in [0.5, 0.6) is 0 Å². The molecule has 49 heavy (non-hydrogen) atoms. The molecular weight excluding hydrogens is 670 g/mol. The molecule has 0 aromatic heterocycles. The number of nitrogens with one attached hydrogen (secondary N) is 2. The summed E-state index contributed by atoms with van der Waals surface area (Å²) in [6, 6.07) is 1.59. The molecule has 1 aromatic rings. The summed E-state index contributed by atoms with van der Waals surface area (Å²) in [5, 5.41) is 33.9. The van der Waals surface area contributed by atoms with Gasteiger partial charge < -0.3 is 40.0 Å². The molecule has 1 saturated heterocycles. The number of unbranched alkanes of at least 4 members (excludes halogenated alkanes) is 1. The van der Waals surface area contributed by atoms with Gasteiger partial charge >= 0.3 is 32.6 Å². The van der Waals surface area contributed by atoms with E-state index in [0.29, 0.717) is 31.4 Å². The van der Waals surface area contributed by atoms with Gasteiger partial charge in [-0.15, -0.1) is 0 Å². The van der Waals surface area contributed by atoms with Gasteiger partial charge in [-0.2, -0.15) is 26.3 Å². The Morgan fingerprint density at radius 1 is 1.02 bits per heavy atom. The molecule has 12 nitrogen and oxygen atoms in total. The van der Waals surface area contributed by atoms with Crippen molar-refractivity contribution < 1.29 is 70.0 Å². The van der Waals surface area contributed by atoms with Gasteiger partial charge in [0.05, 0.1) is 24.6 Å². The highest BCUT2D eigenvalue weighted by Crippen LogP contribution is 2.46. The molecule has 3 amide bonds. The number of hydrogen-bond acceptors (Lipinski definition) is 8. The molecule has 2 heterocycles. The lowest BCUT2D eigenvalue weighted by molar-refractivity contribution is -0.141. The van der Waals surface area contributed by atoms with Crippen LogP contribution in [0.4, 0.5) is 26.3 Å². The minimum atomic E-state index is -4.88. The molecule has 266 valence electrons. The van der Waals surface area contributed by atoms with Gasteiger partial charge in [0.1, 0.15) is 0 Å². The molecule has 0 saturated carbocycles. The van der Waals surface area contributed by atoms with Gasteiger partial charge in [0.2, 0.25) is 5.91 Å². The Kier molecular flexibility index (Phi) is 11.9. The van der Waals surface area contributed by atoms with E-state index in [1.54, 1.807) is 0 Å². The number of aliphatic carboxylic acids is 1. The van der Waals surface area contributed by atoms with E-state index >= 15 is 0 Å². The van der Waals surface area contributed by atoms with E-state index in [0.717, 1.165) is 17.0 Å². The lowest BCUT2D eigenvalue weighted by Gasteiger charge is -2.29. The Morgan fingerprint density at radius 3 is 2.39 bits per heavy atom. The number of carbonyl (C=O) groups is 4. The van der Waals surface area contributed by atoms with Crippen molar-refractivity contribution in [2.75, 3.05) is 32.8 Å². The van der Waals surface area contributed by atoms with Gasteiger partial charge in [0.25, 0.3) is 11.8 Å². The molecule has 0 bridgehead atoms. The maximum Gasteiger partial charge on any atom is 0.491 e. The Balaban J connectivity index is 1.49. The Morgan fingerprint density at radius 2 is 1.73 bits per heavy atom. The third-order valence-corrected chi connectivity index (χ3v) is 8.50. The van der Waals surface area contributed by atoms with Crippen molar-refractivity contribution in [1.82, 2.24) is 15.5 Å². The highest BCUT2D eigenvalue weighted by atomic mass is 19.4. The van der Waals surface area contributed by atoms with Crippen molar-refractivity contribution >= 4 is 43.4 Å². The number of amides is 3. The fourth-order valence-corrected chi connectivity index (χ4v) is 5.78. The van der Waals surface area contributed by atoms with Crippen LogP contribution in [0.15, 0.2) is 35.4 Å². The number of alkyl halides is 6. The third-order valence-electron chi connectivity index (χ3n) is 8.50. The largest absolute Gasteiger partial charge is 0.491 e. The van der Waals surface area contributed by atoms with Crippen LogP contribution in [0, 0.1) is 11.8 Å². The minimum Gasteiger partial charge on any atom is -0.481 e. The van der Waals surface area contributed by atoms with E-state index in [4.69, 9.17) is 14.4 Å². The molecular formula is C29H33B2F6N3O9. The molecule has 0 spiro atoms. The second kappa shape index (κ2) is 15.3. The van der Waals surface area contributed by atoms with Crippen LogP contribution in [0.2, 0.25) is 5.82 Å². The topological polar surface area (TPSA) is 175 Å². The summed E-state index contributed by atoms with van der Waals surface area (Å²) in [5.41, 5.74) is -3.87. The Bertz CT molecular complexity index is 1520. The van der Waals surface area contributed by atoms with Crippen LogP contribution < -0.4 is 16.1 Å². The van der Waals surface area contributed by atoms with Crippen LogP contribution >= 0.6 is 0 Å². The van der Waals surface area contributed by atoms with Gasteiger partial charge in [-0.3, -0.25) is 19.2 Å². The van der Waals surface area contributed by atoms with Crippen molar-refractivity contribution in [3.8, 4) is 0 Å². The van der Waals surface area contributed by atoms with Gasteiger partial charge in [-0.25, -0.2) is 0 Å². The number of nitrogens with zero attached hydrogens (tertiary/aromatic N) is 1. The number of carboxylic acids is 1. The predicted octanol–water partition coefficient (Wildman–Crippen LogP) is 1.41. The van der Waals surface area contributed by atoms with Gasteiger partial charge in [-0.1, -0.05) is 19.4 Å². The molecule has 2 unspecified atom stereocenters. The second-order valence-corrected chi connectivity index (χ2v) is 11.9. The third kappa shape index (κ3) is 9.23. The first-order valence-electron chi connectivity index (χ1n) is 15.3. The van der Waals surface area contributed by atoms with Gasteiger partial charge in [0, 0.05) is 54.7 Å². The zero-order chi connectivity index (χ0) is 36.3. The van der Waals surface area contributed by atoms with Crippen LogP contribution in [0.3, 0.4) is 0 Å². The molecule has 2 aliphatic heterocycles. The first-order chi connectivity index (χ1) is 22.9. The molecule has 5 N–H and O–H groups in total. The molecule has 1 aromatic carbocycles. The molecule has 4 rings (SSSR count). The van der Waals surface area contributed by atoms with Gasteiger partial charge in [0.15, 0.2) is 0 Å². The van der Waals surface area contributed by atoms with E-state index in [-0.39, 0.29) is 17.6 Å². The summed E-state index contributed by atoms with van der Waals surface area (Å²) in [6.07, 6.45) is -6.86. The Hall–Kier alpha value is -3.87. The summed E-state index contributed by atoms with van der Waals surface area (Å²) in [4.78, 5) is 51.1. The Labute approximate surface area is 276 Å². The molecule has 0 radical (unpaired) electrons. The fourth-order valence-electron chi connectivity index (χ4n) is 5.78. The summed E-state index contributed by atoms with van der Waals surface area (Å²) in [7, 11) is -3.32. The van der Waals surface area contributed by atoms with Crippen molar-refractivity contribution in [2.45, 2.75) is 51.0 Å². The monoisotopic (exact) mass is 703 g/mol. The first kappa shape index (κ1) is 37.9. The first-order valence-corrected chi connectivity index (χ1v) is 15.3. The molecule has 3 aliphatic rings. The lowest BCUT2D eigenvalue weighted by atomic mass is 9.63. The average molecular weight is 703 g/mol. The number of fused-ring (bicyclic) bond motifs is 2. The van der Waals surface area contributed by atoms with Gasteiger partial charge in [-0.05, 0) is 42.1 Å². The predicted molar refractivity (Wildman–Crippen MR) is 160 cm³/mol. The maximum atomic E-state index is 13.9. The second-order valence-electron chi connectivity index (χ2n) is 11.9. The van der Waals surface area contributed by atoms with Crippen molar-refractivity contribution in [3.05, 3.63) is 52.1 Å². The number of halogens is 6. The van der Waals surface area contributed by atoms with Crippen LogP contribution in [0.1, 0.15) is 47.7 Å². The summed E-state index contributed by atoms with van der Waals surface area (Å²) in [6.45, 7) is -0.981. The summed E-state index contributed by atoms with van der Waals surface area (Å²) >= 11 is 0. The highest BCUT2D eigenvalue weighted by Gasteiger charge is 2.51. The number of benzene rings is 1. The summed E-state index contributed by atoms with van der Waals surface area (Å²) < 4.78 is 92.6. The molecule has 20 heteroatoms. The minimum absolute atomic E-state index is 0.0908. The summed E-state index contributed by atoms with van der Waals surface area (Å²) in [5.74, 6) is -6.89. The van der Waals surface area contributed by atoms with Crippen molar-refractivity contribution in [1.29, 1.82) is 0 Å². The SMILES string of the molecule is C[C@@H](CCCCNC(=O)CN(CCNC(=O)c1cc2c(c(C(F)(F)F)c1)COB2O)C(=O)C1=CC2B(O)OCC2C(C(F)(F)F)=C1)C(=O)O. The fraction of sp³-hybridized carbons (Fsp3) is 0.517. The van der Waals surface area contributed by atoms with E-state index in [2.05, 4.69) is 10.6 Å². The number of rotatable bonds is 13. The smallest absolute Gasteiger partial charge is 0.481 e. The molecule has 3 atom stereocenters. The number of hydrogen-bond donors (Lipinski definition) is 5. The number of allylic oxidation sites excluding steroid dienone is 1. The number of carbonyl (C=O) groups excluding carboxylic acids is 3. The maximum absolute atomic E-state index is 13.9. The molecule has 1 fully saturated rings. The number of carboxylic acid groups (broad SMARTS) is 1. The van der Waals surface area contributed by atoms with Crippen LogP contribution in [-0.4, -0.2) is 96.9 Å². The van der Waals surface area contributed by atoms with Crippen LogP contribution in [-0.2, 0) is 36.5 Å². The highest BCUT2D eigenvalue weighted by molar-refractivity contribution is 6.61. The van der Waals surface area contributed by atoms with E-state index in [1.807, 2.05) is 0 Å².